The van der Waals surface area contributed by atoms with Gasteiger partial charge in [-0.15, -0.1) is 0 Å². The monoisotopic (exact) mass is 247 g/mol. The Balaban J connectivity index is 1.98. The molecule has 1 heterocycles. The number of aliphatic hydroxyl groups excluding tert-OH is 1. The van der Waals surface area contributed by atoms with Crippen LogP contribution in [0, 0.1) is 5.92 Å². The number of aliphatic hydroxyl groups is 1. The molecule has 18 heavy (non-hydrogen) atoms. The zero-order valence-electron chi connectivity index (χ0n) is 11.1. The summed E-state index contributed by atoms with van der Waals surface area (Å²) in [6, 6.07) is 7.97. The van der Waals surface area contributed by atoms with Gasteiger partial charge in [-0.1, -0.05) is 38.1 Å². The second-order valence-electron chi connectivity index (χ2n) is 5.22. The molecule has 1 amide bonds. The number of hydrogen-bond donors (Lipinski definition) is 1. The van der Waals surface area contributed by atoms with E-state index in [2.05, 4.69) is 13.8 Å². The Morgan fingerprint density at radius 3 is 2.56 bits per heavy atom. The lowest BCUT2D eigenvalue weighted by Crippen LogP contribution is -2.30. The Morgan fingerprint density at radius 1 is 1.39 bits per heavy atom. The first-order valence-corrected chi connectivity index (χ1v) is 6.64. The van der Waals surface area contributed by atoms with E-state index in [4.69, 9.17) is 0 Å². The Morgan fingerprint density at radius 2 is 2.06 bits per heavy atom. The van der Waals surface area contributed by atoms with Crippen molar-refractivity contribution < 1.29 is 9.90 Å². The van der Waals surface area contributed by atoms with Crippen LogP contribution in [-0.4, -0.2) is 29.0 Å². The molecule has 2 atom stereocenters. The number of amides is 1. The van der Waals surface area contributed by atoms with E-state index in [0.717, 1.165) is 18.5 Å². The van der Waals surface area contributed by atoms with E-state index in [1.54, 1.807) is 4.90 Å². The molecule has 3 heteroatoms. The van der Waals surface area contributed by atoms with Crippen LogP contribution in [-0.2, 0) is 11.2 Å². The van der Waals surface area contributed by atoms with E-state index >= 15 is 0 Å². The first-order chi connectivity index (χ1) is 8.60. The Kier molecular flexibility index (Phi) is 4.02. The van der Waals surface area contributed by atoms with Crippen LogP contribution in [0.4, 0.5) is 0 Å². The number of hydrogen-bond acceptors (Lipinski definition) is 2. The molecule has 1 N–H and O–H groups in total. The summed E-state index contributed by atoms with van der Waals surface area (Å²) in [5.41, 5.74) is 2.15. The summed E-state index contributed by atoms with van der Waals surface area (Å²) in [6.07, 6.45) is 1.03. The summed E-state index contributed by atoms with van der Waals surface area (Å²) < 4.78 is 0. The smallest absolute Gasteiger partial charge is 0.223 e. The highest BCUT2D eigenvalue weighted by Crippen LogP contribution is 2.21. The second-order valence-corrected chi connectivity index (χ2v) is 5.22. The highest BCUT2D eigenvalue weighted by molar-refractivity contribution is 5.78. The molecule has 0 aromatic heterocycles. The third-order valence-corrected chi connectivity index (χ3v) is 3.57. The average Bonchev–Trinajstić information content (AvgIpc) is 2.68. The van der Waals surface area contributed by atoms with Gasteiger partial charge < -0.3 is 10.0 Å². The van der Waals surface area contributed by atoms with Crippen molar-refractivity contribution in [3.05, 3.63) is 35.4 Å². The van der Waals surface area contributed by atoms with Crippen molar-refractivity contribution in [1.82, 2.24) is 4.90 Å². The van der Waals surface area contributed by atoms with Crippen molar-refractivity contribution in [3.63, 3.8) is 0 Å². The molecule has 98 valence electrons. The normalized spacial score (nSPS) is 21.4. The van der Waals surface area contributed by atoms with Crippen LogP contribution < -0.4 is 0 Å². The van der Waals surface area contributed by atoms with Gasteiger partial charge in [-0.25, -0.2) is 0 Å². The van der Waals surface area contributed by atoms with Gasteiger partial charge in [0.15, 0.2) is 0 Å². The third-order valence-electron chi connectivity index (χ3n) is 3.57. The molecule has 1 saturated heterocycles. The van der Waals surface area contributed by atoms with Gasteiger partial charge in [0.25, 0.3) is 0 Å². The highest BCUT2D eigenvalue weighted by atomic mass is 16.3. The fourth-order valence-electron chi connectivity index (χ4n) is 2.44. The minimum Gasteiger partial charge on any atom is -0.387 e. The topological polar surface area (TPSA) is 40.5 Å². The van der Waals surface area contributed by atoms with Gasteiger partial charge in [0.2, 0.25) is 5.91 Å². The van der Waals surface area contributed by atoms with Gasteiger partial charge in [-0.2, -0.15) is 0 Å². The van der Waals surface area contributed by atoms with Crippen molar-refractivity contribution in [1.29, 1.82) is 0 Å². The molecule has 1 aliphatic heterocycles. The van der Waals surface area contributed by atoms with Crippen LogP contribution in [0.3, 0.4) is 0 Å². The number of rotatable bonds is 4. The molecule has 2 rings (SSSR count). The third kappa shape index (κ3) is 2.91. The van der Waals surface area contributed by atoms with E-state index in [-0.39, 0.29) is 5.91 Å². The van der Waals surface area contributed by atoms with E-state index in [1.165, 1.54) is 5.56 Å². The van der Waals surface area contributed by atoms with Gasteiger partial charge >= 0.3 is 0 Å². The van der Waals surface area contributed by atoms with Crippen molar-refractivity contribution in [2.45, 2.75) is 32.8 Å². The van der Waals surface area contributed by atoms with Crippen LogP contribution in [0.2, 0.25) is 0 Å². The summed E-state index contributed by atoms with van der Waals surface area (Å²) >= 11 is 0. The molecule has 0 bridgehead atoms. The number of likely N-dealkylation sites (tertiary alicyclic amines) is 1. The van der Waals surface area contributed by atoms with Crippen LogP contribution in [0.15, 0.2) is 24.3 Å². The molecule has 1 aromatic rings. The minimum atomic E-state index is -0.579. The van der Waals surface area contributed by atoms with Gasteiger partial charge in [-0.05, 0) is 23.5 Å². The van der Waals surface area contributed by atoms with Gasteiger partial charge in [0, 0.05) is 13.0 Å². The molecule has 1 aliphatic rings. The summed E-state index contributed by atoms with van der Waals surface area (Å²) in [5.74, 6) is 0.568. The zero-order chi connectivity index (χ0) is 13.1. The Hall–Kier alpha value is -1.35. The number of benzene rings is 1. The van der Waals surface area contributed by atoms with Crippen LogP contribution in [0.1, 0.15) is 37.5 Å². The van der Waals surface area contributed by atoms with E-state index < -0.39 is 6.10 Å². The van der Waals surface area contributed by atoms with Crippen molar-refractivity contribution in [3.8, 4) is 0 Å². The van der Waals surface area contributed by atoms with E-state index in [0.29, 0.717) is 18.9 Å². The second kappa shape index (κ2) is 5.53. The number of β-amino-alcohol motifs (C(OH)–C–C–N with tert-alkyl or cyclic N) is 1. The molecular formula is C15H21NO2. The fourth-order valence-corrected chi connectivity index (χ4v) is 2.44. The Labute approximate surface area is 108 Å². The van der Waals surface area contributed by atoms with Gasteiger partial charge in [0.05, 0.1) is 12.6 Å². The number of carbonyl (C=O) groups is 1. The molecule has 0 radical (unpaired) electrons. The minimum absolute atomic E-state index is 0.159. The van der Waals surface area contributed by atoms with Crippen molar-refractivity contribution >= 4 is 5.91 Å². The van der Waals surface area contributed by atoms with Gasteiger partial charge in [0.1, 0.15) is 0 Å². The highest BCUT2D eigenvalue weighted by Gasteiger charge is 2.28. The summed E-state index contributed by atoms with van der Waals surface area (Å²) in [6.45, 7) is 5.35. The maximum absolute atomic E-state index is 11.7. The lowest BCUT2D eigenvalue weighted by Gasteiger charge is -2.20. The maximum Gasteiger partial charge on any atom is 0.223 e. The SMILES string of the molecule is CCc1ccc(C(O)CN2CC(C)CC2=O)cc1. The molecular weight excluding hydrogens is 226 g/mol. The molecule has 0 saturated carbocycles. The summed E-state index contributed by atoms with van der Waals surface area (Å²) in [7, 11) is 0. The molecule has 2 unspecified atom stereocenters. The first-order valence-electron chi connectivity index (χ1n) is 6.64. The summed E-state index contributed by atoms with van der Waals surface area (Å²) in [4.78, 5) is 13.4. The maximum atomic E-state index is 11.7. The predicted octanol–water partition coefficient (Wildman–Crippen LogP) is 2.15. The lowest BCUT2D eigenvalue weighted by atomic mass is 10.1. The number of aryl methyl sites for hydroxylation is 1. The Bertz CT molecular complexity index is 413. The molecule has 0 spiro atoms. The number of carbonyl (C=O) groups excluding carboxylic acids is 1. The average molecular weight is 247 g/mol. The van der Waals surface area contributed by atoms with Crippen LogP contribution in [0.25, 0.3) is 0 Å². The molecule has 1 fully saturated rings. The molecule has 3 nitrogen and oxygen atoms in total. The molecule has 0 aliphatic carbocycles. The van der Waals surface area contributed by atoms with Crippen molar-refractivity contribution in [2.75, 3.05) is 13.1 Å². The standard InChI is InChI=1S/C15H21NO2/c1-3-12-4-6-13(7-5-12)14(17)10-16-9-11(2)8-15(16)18/h4-7,11,14,17H,3,8-10H2,1-2H3. The van der Waals surface area contributed by atoms with Crippen molar-refractivity contribution in [2.24, 2.45) is 5.92 Å². The van der Waals surface area contributed by atoms with Crippen LogP contribution in [0.5, 0.6) is 0 Å². The molecule has 1 aromatic carbocycles. The summed E-state index contributed by atoms with van der Waals surface area (Å²) in [5, 5.41) is 10.2. The first kappa shape index (κ1) is 13.1. The van der Waals surface area contributed by atoms with E-state index in [1.807, 2.05) is 24.3 Å². The lowest BCUT2D eigenvalue weighted by molar-refractivity contribution is -0.128. The van der Waals surface area contributed by atoms with Crippen LogP contribution >= 0.6 is 0 Å². The van der Waals surface area contributed by atoms with E-state index in [9.17, 15) is 9.90 Å². The predicted molar refractivity (Wildman–Crippen MR) is 71.1 cm³/mol. The number of nitrogens with zero attached hydrogens (tertiary/aromatic N) is 1. The zero-order valence-corrected chi connectivity index (χ0v) is 11.1. The largest absolute Gasteiger partial charge is 0.387 e. The fraction of sp³-hybridized carbons (Fsp3) is 0.533. The quantitative estimate of drug-likeness (QED) is 0.885. The van der Waals surface area contributed by atoms with Gasteiger partial charge in [-0.3, -0.25) is 4.79 Å².